The molecule has 2 aromatic carbocycles. The summed E-state index contributed by atoms with van der Waals surface area (Å²) in [5.74, 6) is -0.686. The Morgan fingerprint density at radius 2 is 1.95 bits per heavy atom. The molecule has 1 aliphatic rings. The highest BCUT2D eigenvalue weighted by Gasteiger charge is 2.45. The van der Waals surface area contributed by atoms with Gasteiger partial charge in [-0.25, -0.2) is 9.79 Å². The number of fused-ring (bicyclic) bond motifs is 1. The van der Waals surface area contributed by atoms with Gasteiger partial charge in [0.25, 0.3) is 5.56 Å². The van der Waals surface area contributed by atoms with Gasteiger partial charge in [0, 0.05) is 15.1 Å². The van der Waals surface area contributed by atoms with Crippen LogP contribution < -0.4 is 19.6 Å². The molecule has 3 aromatic rings. The van der Waals surface area contributed by atoms with Crippen molar-refractivity contribution in [2.24, 2.45) is 4.99 Å². The smallest absolute Gasteiger partial charge is 0.434 e. The third-order valence-electron chi connectivity index (χ3n) is 5.46. The minimum absolute atomic E-state index is 0.113. The first-order valence-electron chi connectivity index (χ1n) is 11.5. The minimum atomic E-state index is -4.99. The third-order valence-corrected chi connectivity index (χ3v) is 7.95. The van der Waals surface area contributed by atoms with Gasteiger partial charge in [0.1, 0.15) is 5.75 Å². The summed E-state index contributed by atoms with van der Waals surface area (Å²) in [5.41, 5.74) is -2.00. The number of nitrogens with zero attached hydrogens (tertiary/aromatic N) is 2. The molecule has 1 aliphatic heterocycles. The highest BCUT2D eigenvalue weighted by atomic mass is 127. The van der Waals surface area contributed by atoms with Crippen LogP contribution in [0.25, 0.3) is 6.08 Å². The van der Waals surface area contributed by atoms with Crippen LogP contribution in [0.1, 0.15) is 37.9 Å². The molecule has 4 rings (SSSR count). The van der Waals surface area contributed by atoms with Crippen molar-refractivity contribution >= 4 is 73.5 Å². The number of hydrogen-bond donors (Lipinski definition) is 0. The summed E-state index contributed by atoms with van der Waals surface area (Å²) in [6, 6.07) is 8.04. The Bertz CT molecular complexity index is 1650. The Kier molecular flexibility index (Phi) is 8.98. The number of esters is 1. The summed E-state index contributed by atoms with van der Waals surface area (Å²) in [6.45, 7) is 5.04. The van der Waals surface area contributed by atoms with Crippen LogP contribution in [-0.4, -0.2) is 29.4 Å². The van der Waals surface area contributed by atoms with Crippen LogP contribution in [-0.2, 0) is 9.53 Å². The van der Waals surface area contributed by atoms with Crippen molar-refractivity contribution in [1.29, 1.82) is 0 Å². The number of allylic oxidation sites excluding steroid dienone is 1. The van der Waals surface area contributed by atoms with Gasteiger partial charge >= 0.3 is 12.1 Å². The molecule has 0 N–H and O–H groups in total. The minimum Gasteiger partial charge on any atom is -0.489 e. The lowest BCUT2D eigenvalue weighted by atomic mass is 9.95. The first-order chi connectivity index (χ1) is 18.3. The SMILES string of the molecule is CCOC(=O)C1=C(C(F)(F)F)N=c2s/c(=C\c3cc(Br)cc(I)c3OC(C)C)c(=O)n2[C@@H]1c1ccc(Cl)cc1. The summed E-state index contributed by atoms with van der Waals surface area (Å²) in [5, 5.41) is 0.339. The maximum atomic E-state index is 14.3. The van der Waals surface area contributed by atoms with Gasteiger partial charge in [-0.2, -0.15) is 13.2 Å². The van der Waals surface area contributed by atoms with Gasteiger partial charge in [0.2, 0.25) is 0 Å². The number of alkyl halides is 3. The second-order valence-corrected chi connectivity index (χ2v) is 12.1. The molecule has 0 saturated carbocycles. The van der Waals surface area contributed by atoms with Crippen LogP contribution in [0.5, 0.6) is 5.75 Å². The van der Waals surface area contributed by atoms with E-state index in [0.29, 0.717) is 16.3 Å². The number of rotatable bonds is 6. The Labute approximate surface area is 252 Å². The van der Waals surface area contributed by atoms with Crippen molar-refractivity contribution in [3.63, 3.8) is 0 Å². The monoisotopic (exact) mass is 754 g/mol. The van der Waals surface area contributed by atoms with E-state index in [9.17, 15) is 22.8 Å². The summed E-state index contributed by atoms with van der Waals surface area (Å²) in [6.07, 6.45) is -3.60. The number of benzene rings is 2. The lowest BCUT2D eigenvalue weighted by Gasteiger charge is -2.26. The van der Waals surface area contributed by atoms with E-state index in [0.717, 1.165) is 23.9 Å². The molecule has 0 fully saturated rings. The Hall–Kier alpha value is -2.16. The zero-order valence-electron chi connectivity index (χ0n) is 20.6. The van der Waals surface area contributed by atoms with Crippen LogP contribution in [0, 0.1) is 3.57 Å². The summed E-state index contributed by atoms with van der Waals surface area (Å²) in [7, 11) is 0. The van der Waals surface area contributed by atoms with Crippen LogP contribution in [0.3, 0.4) is 0 Å². The molecule has 0 bridgehead atoms. The van der Waals surface area contributed by atoms with Gasteiger partial charge < -0.3 is 9.47 Å². The average Bonchev–Trinajstić information content (AvgIpc) is 3.15. The highest BCUT2D eigenvalue weighted by Crippen LogP contribution is 2.38. The number of aromatic nitrogens is 1. The summed E-state index contributed by atoms with van der Waals surface area (Å²) < 4.78 is 56.5. The number of thiazole rings is 1. The molecule has 0 unspecified atom stereocenters. The molecule has 13 heteroatoms. The normalized spacial score (nSPS) is 15.8. The van der Waals surface area contributed by atoms with Crippen molar-refractivity contribution in [2.45, 2.75) is 39.1 Å². The summed E-state index contributed by atoms with van der Waals surface area (Å²) in [4.78, 5) is 30.3. The third kappa shape index (κ3) is 6.28. The zero-order valence-corrected chi connectivity index (χ0v) is 25.9. The predicted octanol–water partition coefficient (Wildman–Crippen LogP) is 6.15. The fourth-order valence-corrected chi connectivity index (χ4v) is 6.78. The molecular formula is C26H20BrClF3IN2O4S. The molecule has 39 heavy (non-hydrogen) atoms. The Morgan fingerprint density at radius 1 is 1.28 bits per heavy atom. The van der Waals surface area contributed by atoms with Crippen molar-refractivity contribution in [3.05, 3.63) is 91.5 Å². The van der Waals surface area contributed by atoms with Gasteiger partial charge in [0.05, 0.1) is 32.4 Å². The second-order valence-electron chi connectivity index (χ2n) is 8.59. The lowest BCUT2D eigenvalue weighted by molar-refractivity contribution is -0.140. The number of carbonyl (C=O) groups excluding carboxylic acids is 1. The van der Waals surface area contributed by atoms with E-state index in [2.05, 4.69) is 43.5 Å². The molecule has 6 nitrogen and oxygen atoms in total. The van der Waals surface area contributed by atoms with E-state index >= 15 is 0 Å². The van der Waals surface area contributed by atoms with Gasteiger partial charge in [-0.05, 0) is 79.3 Å². The topological polar surface area (TPSA) is 69.9 Å². The highest BCUT2D eigenvalue weighted by molar-refractivity contribution is 14.1. The molecule has 0 aliphatic carbocycles. The molecule has 1 atom stereocenters. The van der Waals surface area contributed by atoms with Crippen molar-refractivity contribution in [1.82, 2.24) is 4.57 Å². The standard InChI is InChI=1S/C26H20BrClF3IN2O4S/c1-4-37-24(36)19-20(13-5-7-16(28)8-6-13)34-23(35)18(39-25(34)33-22(19)26(29,30)31)10-14-9-15(27)11-17(32)21(14)38-12(2)3/h5-12,20H,4H2,1-3H3/b18-10-/t20-/m1/s1. The van der Waals surface area contributed by atoms with Crippen LogP contribution in [0.4, 0.5) is 13.2 Å². The molecule has 0 amide bonds. The van der Waals surface area contributed by atoms with Crippen molar-refractivity contribution in [3.8, 4) is 5.75 Å². The molecular weight excluding hydrogens is 736 g/mol. The number of ether oxygens (including phenoxy) is 2. The number of hydrogen-bond acceptors (Lipinski definition) is 6. The van der Waals surface area contributed by atoms with E-state index in [4.69, 9.17) is 21.1 Å². The summed E-state index contributed by atoms with van der Waals surface area (Å²) >= 11 is 12.4. The van der Waals surface area contributed by atoms with Crippen LogP contribution in [0.2, 0.25) is 5.02 Å². The Balaban J connectivity index is 2.06. The van der Waals surface area contributed by atoms with Gasteiger partial charge in [-0.3, -0.25) is 9.36 Å². The fraction of sp³-hybridized carbons (Fsp3) is 0.269. The molecule has 1 aromatic heterocycles. The second kappa shape index (κ2) is 11.8. The largest absolute Gasteiger partial charge is 0.489 e. The average molecular weight is 756 g/mol. The molecule has 2 heterocycles. The van der Waals surface area contributed by atoms with Crippen molar-refractivity contribution < 1.29 is 27.4 Å². The van der Waals surface area contributed by atoms with E-state index in [1.54, 1.807) is 12.1 Å². The van der Waals surface area contributed by atoms with E-state index in [-0.39, 0.29) is 27.6 Å². The van der Waals surface area contributed by atoms with Gasteiger partial charge in [-0.1, -0.05) is 51.0 Å². The van der Waals surface area contributed by atoms with E-state index < -0.39 is 35.0 Å². The fourth-order valence-electron chi connectivity index (χ4n) is 3.99. The van der Waals surface area contributed by atoms with E-state index in [1.165, 1.54) is 31.2 Å². The molecule has 0 radical (unpaired) electrons. The molecule has 206 valence electrons. The quantitative estimate of drug-likeness (QED) is 0.224. The lowest BCUT2D eigenvalue weighted by Crippen LogP contribution is -2.41. The maximum absolute atomic E-state index is 14.3. The van der Waals surface area contributed by atoms with Crippen LogP contribution >= 0.6 is 61.5 Å². The van der Waals surface area contributed by atoms with E-state index in [1.807, 2.05) is 19.9 Å². The Morgan fingerprint density at radius 3 is 2.54 bits per heavy atom. The van der Waals surface area contributed by atoms with Gasteiger partial charge in [-0.15, -0.1) is 0 Å². The zero-order chi connectivity index (χ0) is 28.6. The van der Waals surface area contributed by atoms with Crippen LogP contribution in [0.15, 0.2) is 61.9 Å². The number of halogens is 6. The first kappa shape index (κ1) is 29.8. The molecule has 0 spiro atoms. The maximum Gasteiger partial charge on any atom is 0.434 e. The van der Waals surface area contributed by atoms with Gasteiger partial charge in [0.15, 0.2) is 10.5 Å². The predicted molar refractivity (Wildman–Crippen MR) is 155 cm³/mol. The molecule has 0 saturated heterocycles. The van der Waals surface area contributed by atoms with Crippen molar-refractivity contribution in [2.75, 3.05) is 6.61 Å². The number of carbonyl (C=O) groups is 1. The first-order valence-corrected chi connectivity index (χ1v) is 14.6.